The molecule has 0 amide bonds. The molecule has 3 rings (SSSR count). The zero-order valence-corrected chi connectivity index (χ0v) is 14.2. The maximum absolute atomic E-state index is 11.6. The summed E-state index contributed by atoms with van der Waals surface area (Å²) in [6.07, 6.45) is 0.431. The third-order valence-electron chi connectivity index (χ3n) is 3.91. The van der Waals surface area contributed by atoms with Gasteiger partial charge in [0, 0.05) is 5.02 Å². The van der Waals surface area contributed by atoms with Crippen molar-refractivity contribution >= 4 is 17.6 Å². The van der Waals surface area contributed by atoms with Crippen LogP contribution in [0.3, 0.4) is 0 Å². The van der Waals surface area contributed by atoms with E-state index in [0.29, 0.717) is 22.9 Å². The van der Waals surface area contributed by atoms with Crippen molar-refractivity contribution in [3.8, 4) is 11.5 Å². The zero-order valence-electron chi connectivity index (χ0n) is 13.4. The predicted molar refractivity (Wildman–Crippen MR) is 98.5 cm³/mol. The van der Waals surface area contributed by atoms with Crippen molar-refractivity contribution in [3.05, 3.63) is 95.0 Å². The fourth-order valence-corrected chi connectivity index (χ4v) is 2.73. The van der Waals surface area contributed by atoms with Gasteiger partial charge in [0.05, 0.1) is 5.92 Å². The van der Waals surface area contributed by atoms with E-state index in [1.165, 1.54) is 0 Å². The van der Waals surface area contributed by atoms with Gasteiger partial charge in [-0.3, -0.25) is 4.79 Å². The van der Waals surface area contributed by atoms with Crippen LogP contribution in [0, 0.1) is 0 Å². The molecule has 1 atom stereocenters. The van der Waals surface area contributed by atoms with Gasteiger partial charge in [0.25, 0.3) is 0 Å². The second-order valence-corrected chi connectivity index (χ2v) is 6.14. The monoisotopic (exact) mass is 352 g/mol. The van der Waals surface area contributed by atoms with Crippen molar-refractivity contribution in [1.82, 2.24) is 0 Å². The summed E-state index contributed by atoms with van der Waals surface area (Å²) in [7, 11) is 0. The lowest BCUT2D eigenvalue weighted by atomic mass is 9.92. The van der Waals surface area contributed by atoms with Gasteiger partial charge in [-0.25, -0.2) is 0 Å². The Hall–Kier alpha value is -2.78. The van der Waals surface area contributed by atoms with Crippen LogP contribution in [0.4, 0.5) is 0 Å². The fraction of sp³-hybridized carbons (Fsp3) is 0.0952. The van der Waals surface area contributed by atoms with Crippen LogP contribution in [0.5, 0.6) is 11.5 Å². The van der Waals surface area contributed by atoms with E-state index in [2.05, 4.69) is 0 Å². The van der Waals surface area contributed by atoms with Gasteiger partial charge < -0.3 is 9.84 Å². The molecule has 0 saturated heterocycles. The van der Waals surface area contributed by atoms with Gasteiger partial charge in [0.2, 0.25) is 0 Å². The highest BCUT2D eigenvalue weighted by atomic mass is 35.5. The minimum absolute atomic E-state index is 0.431. The van der Waals surface area contributed by atoms with Crippen LogP contribution in [0.2, 0.25) is 5.02 Å². The van der Waals surface area contributed by atoms with Crippen molar-refractivity contribution < 1.29 is 14.6 Å². The van der Waals surface area contributed by atoms with E-state index < -0.39 is 11.9 Å². The maximum Gasteiger partial charge on any atom is 0.311 e. The average Bonchev–Trinajstić information content (AvgIpc) is 2.63. The first-order chi connectivity index (χ1) is 12.1. The van der Waals surface area contributed by atoms with Crippen molar-refractivity contribution in [3.63, 3.8) is 0 Å². The molecule has 3 aromatic carbocycles. The Kier molecular flexibility index (Phi) is 5.36. The van der Waals surface area contributed by atoms with Gasteiger partial charge in [0.15, 0.2) is 0 Å². The number of carboxylic acid groups (broad SMARTS) is 1. The highest BCUT2D eigenvalue weighted by Crippen LogP contribution is 2.26. The van der Waals surface area contributed by atoms with Gasteiger partial charge in [-0.15, -0.1) is 0 Å². The Labute approximate surface area is 151 Å². The molecule has 25 heavy (non-hydrogen) atoms. The number of aliphatic carboxylic acids is 1. The minimum Gasteiger partial charge on any atom is -0.481 e. The molecule has 0 spiro atoms. The van der Waals surface area contributed by atoms with Gasteiger partial charge in [0.1, 0.15) is 11.5 Å². The van der Waals surface area contributed by atoms with Crippen LogP contribution in [0.25, 0.3) is 0 Å². The van der Waals surface area contributed by atoms with Gasteiger partial charge in [-0.1, -0.05) is 54.1 Å². The third-order valence-corrected chi connectivity index (χ3v) is 4.16. The Morgan fingerprint density at radius 3 is 2.00 bits per heavy atom. The molecule has 0 fully saturated rings. The zero-order chi connectivity index (χ0) is 17.6. The van der Waals surface area contributed by atoms with E-state index in [9.17, 15) is 9.90 Å². The molecular weight excluding hydrogens is 336 g/mol. The van der Waals surface area contributed by atoms with Crippen LogP contribution < -0.4 is 4.74 Å². The molecule has 4 heteroatoms. The first kappa shape index (κ1) is 17.1. The molecule has 0 bridgehead atoms. The summed E-state index contributed by atoms with van der Waals surface area (Å²) in [6, 6.07) is 23.9. The normalized spacial score (nSPS) is 11.7. The second-order valence-electron chi connectivity index (χ2n) is 5.71. The van der Waals surface area contributed by atoms with Crippen LogP contribution >= 0.6 is 11.6 Å². The highest BCUT2D eigenvalue weighted by molar-refractivity contribution is 6.30. The van der Waals surface area contributed by atoms with E-state index in [-0.39, 0.29) is 0 Å². The Bertz CT molecular complexity index is 827. The largest absolute Gasteiger partial charge is 0.481 e. The summed E-state index contributed by atoms with van der Waals surface area (Å²) in [5.41, 5.74) is 1.75. The van der Waals surface area contributed by atoms with Crippen LogP contribution in [0.15, 0.2) is 78.9 Å². The van der Waals surface area contributed by atoms with Gasteiger partial charge in [-0.2, -0.15) is 0 Å². The number of hydrogen-bond acceptors (Lipinski definition) is 2. The molecule has 0 aliphatic heterocycles. The standard InChI is InChI=1S/C21H17ClO3/c22-17-8-12-19(13-9-17)25-18-10-6-15(7-11-18)14-20(21(23)24)16-4-2-1-3-5-16/h1-13,20H,14H2,(H,23,24). The summed E-state index contributed by atoms with van der Waals surface area (Å²) in [4.78, 5) is 11.6. The Morgan fingerprint density at radius 1 is 0.880 bits per heavy atom. The predicted octanol–water partition coefficient (Wildman–Crippen LogP) is 5.54. The first-order valence-electron chi connectivity index (χ1n) is 7.92. The summed E-state index contributed by atoms with van der Waals surface area (Å²) in [5, 5.41) is 10.2. The lowest BCUT2D eigenvalue weighted by molar-refractivity contribution is -0.138. The van der Waals surface area contributed by atoms with Crippen LogP contribution in [-0.2, 0) is 11.2 Å². The quantitative estimate of drug-likeness (QED) is 0.633. The summed E-state index contributed by atoms with van der Waals surface area (Å²) >= 11 is 5.86. The molecular formula is C21H17ClO3. The first-order valence-corrected chi connectivity index (χ1v) is 8.30. The average molecular weight is 353 g/mol. The van der Waals surface area contributed by atoms with Crippen LogP contribution in [-0.4, -0.2) is 11.1 Å². The number of carboxylic acids is 1. The molecule has 0 radical (unpaired) electrons. The second kappa shape index (κ2) is 7.86. The van der Waals surface area contributed by atoms with Crippen LogP contribution in [0.1, 0.15) is 17.0 Å². The Morgan fingerprint density at radius 2 is 1.44 bits per heavy atom. The summed E-state index contributed by atoms with van der Waals surface area (Å²) in [5.74, 6) is -0.000527. The molecule has 0 heterocycles. The number of carbonyl (C=O) groups is 1. The van der Waals surface area contributed by atoms with Crippen molar-refractivity contribution in [2.75, 3.05) is 0 Å². The van der Waals surface area contributed by atoms with E-state index in [4.69, 9.17) is 16.3 Å². The number of hydrogen-bond donors (Lipinski definition) is 1. The van der Waals surface area contributed by atoms with Gasteiger partial charge >= 0.3 is 5.97 Å². The van der Waals surface area contributed by atoms with E-state index >= 15 is 0 Å². The molecule has 1 N–H and O–H groups in total. The van der Waals surface area contributed by atoms with E-state index in [1.807, 2.05) is 54.6 Å². The number of ether oxygens (including phenoxy) is 1. The molecule has 0 aromatic heterocycles. The van der Waals surface area contributed by atoms with Crippen molar-refractivity contribution in [2.45, 2.75) is 12.3 Å². The highest BCUT2D eigenvalue weighted by Gasteiger charge is 2.20. The van der Waals surface area contributed by atoms with E-state index in [0.717, 1.165) is 11.1 Å². The fourth-order valence-electron chi connectivity index (χ4n) is 2.60. The lowest BCUT2D eigenvalue weighted by Crippen LogP contribution is -2.14. The lowest BCUT2D eigenvalue weighted by Gasteiger charge is -2.13. The minimum atomic E-state index is -0.826. The number of benzene rings is 3. The number of rotatable bonds is 6. The molecule has 3 nitrogen and oxygen atoms in total. The molecule has 0 saturated carbocycles. The summed E-state index contributed by atoms with van der Waals surface area (Å²) < 4.78 is 5.75. The van der Waals surface area contributed by atoms with Gasteiger partial charge in [-0.05, 0) is 53.9 Å². The molecule has 3 aromatic rings. The molecule has 0 aliphatic carbocycles. The topological polar surface area (TPSA) is 46.5 Å². The SMILES string of the molecule is O=C(O)C(Cc1ccc(Oc2ccc(Cl)cc2)cc1)c1ccccc1. The number of halogens is 1. The molecule has 1 unspecified atom stereocenters. The third kappa shape index (κ3) is 4.61. The maximum atomic E-state index is 11.6. The molecule has 0 aliphatic rings. The van der Waals surface area contributed by atoms with Crippen molar-refractivity contribution in [2.24, 2.45) is 0 Å². The van der Waals surface area contributed by atoms with Crippen molar-refractivity contribution in [1.29, 1.82) is 0 Å². The Balaban J connectivity index is 1.71. The van der Waals surface area contributed by atoms with E-state index in [1.54, 1.807) is 24.3 Å². The molecule has 126 valence electrons. The smallest absolute Gasteiger partial charge is 0.311 e. The summed E-state index contributed by atoms with van der Waals surface area (Å²) in [6.45, 7) is 0.